The summed E-state index contributed by atoms with van der Waals surface area (Å²) in [6, 6.07) is 20.9. The molecule has 0 unspecified atom stereocenters. The molecule has 0 aliphatic carbocycles. The summed E-state index contributed by atoms with van der Waals surface area (Å²) in [5, 5.41) is 2.51. The third kappa shape index (κ3) is 3.71. The number of rotatable bonds is 6. The van der Waals surface area contributed by atoms with Crippen LogP contribution in [0.2, 0.25) is 0 Å². The van der Waals surface area contributed by atoms with E-state index < -0.39 is 0 Å². The van der Waals surface area contributed by atoms with Gasteiger partial charge in [-0.05, 0) is 49.1 Å². The van der Waals surface area contributed by atoms with E-state index in [0.717, 1.165) is 10.4 Å². The average molecular weight is 444 g/mol. The van der Waals surface area contributed by atoms with Gasteiger partial charge in [0.25, 0.3) is 5.56 Å². The lowest BCUT2D eigenvalue weighted by atomic mass is 10.2. The minimum absolute atomic E-state index is 0.223. The van der Waals surface area contributed by atoms with E-state index in [4.69, 9.17) is 4.42 Å². The Hall–Kier alpha value is -3.71. The molecule has 160 valence electrons. The van der Waals surface area contributed by atoms with Gasteiger partial charge in [0.05, 0.1) is 17.4 Å². The summed E-state index contributed by atoms with van der Waals surface area (Å²) in [4.78, 5) is 32.3. The topological polar surface area (TPSA) is 70.0 Å². The van der Waals surface area contributed by atoms with Gasteiger partial charge in [-0.3, -0.25) is 13.9 Å². The summed E-state index contributed by atoms with van der Waals surface area (Å²) in [5.41, 5.74) is 1.53. The van der Waals surface area contributed by atoms with Gasteiger partial charge >= 0.3 is 5.69 Å². The van der Waals surface area contributed by atoms with Gasteiger partial charge in [0, 0.05) is 17.0 Å². The second-order valence-corrected chi connectivity index (χ2v) is 8.59. The van der Waals surface area contributed by atoms with Crippen LogP contribution in [0.4, 0.5) is 0 Å². The number of para-hydroxylation sites is 1. The Kier molecular flexibility index (Phi) is 5.33. The molecule has 3 heterocycles. The molecule has 0 aliphatic rings. The van der Waals surface area contributed by atoms with Gasteiger partial charge in [-0.1, -0.05) is 36.4 Å². The molecule has 7 heteroatoms. The molecule has 32 heavy (non-hydrogen) atoms. The van der Waals surface area contributed by atoms with Crippen molar-refractivity contribution in [1.82, 2.24) is 14.1 Å². The van der Waals surface area contributed by atoms with Crippen molar-refractivity contribution in [3.63, 3.8) is 0 Å². The smallest absolute Gasteiger partial charge is 0.331 e. The SMILES string of the molecule is Cc1oc(-c2ccccc2)nc1Cn1c(=O)n(CCc2cccs2)c(=O)c2ccccc21. The van der Waals surface area contributed by atoms with E-state index in [1.54, 1.807) is 28.0 Å². The van der Waals surface area contributed by atoms with Gasteiger partial charge in [-0.15, -0.1) is 11.3 Å². The van der Waals surface area contributed by atoms with Crippen molar-refractivity contribution in [2.75, 3.05) is 0 Å². The number of oxazole rings is 1. The van der Waals surface area contributed by atoms with Crippen LogP contribution in [0.25, 0.3) is 22.4 Å². The van der Waals surface area contributed by atoms with Crippen LogP contribution in [-0.2, 0) is 19.5 Å². The van der Waals surface area contributed by atoms with Crippen LogP contribution in [0.1, 0.15) is 16.3 Å². The third-order valence-corrected chi connectivity index (χ3v) is 6.45. The molecule has 0 N–H and O–H groups in total. The molecule has 0 spiro atoms. The molecule has 0 bridgehead atoms. The Balaban J connectivity index is 1.59. The van der Waals surface area contributed by atoms with Crippen molar-refractivity contribution >= 4 is 22.2 Å². The van der Waals surface area contributed by atoms with Crippen LogP contribution in [0.3, 0.4) is 0 Å². The van der Waals surface area contributed by atoms with Crippen molar-refractivity contribution < 1.29 is 4.42 Å². The Morgan fingerprint density at radius 3 is 2.50 bits per heavy atom. The molecule has 5 aromatic rings. The molecule has 0 amide bonds. The molecule has 0 saturated heterocycles. The summed E-state index contributed by atoms with van der Waals surface area (Å²) in [5.74, 6) is 1.16. The highest BCUT2D eigenvalue weighted by atomic mass is 32.1. The molecule has 2 aromatic carbocycles. The highest BCUT2D eigenvalue weighted by molar-refractivity contribution is 7.09. The van der Waals surface area contributed by atoms with Crippen LogP contribution in [0, 0.1) is 6.92 Å². The number of hydrogen-bond acceptors (Lipinski definition) is 5. The first kappa shape index (κ1) is 20.2. The standard InChI is InChI=1S/C25H21N3O3S/c1-17-21(26-23(31-17)18-8-3-2-4-9-18)16-28-22-12-6-5-11-20(22)24(29)27(25(28)30)14-13-19-10-7-15-32-19/h2-12,15H,13-14,16H2,1H3. The van der Waals surface area contributed by atoms with E-state index in [1.807, 2.05) is 66.9 Å². The highest BCUT2D eigenvalue weighted by Gasteiger charge is 2.17. The van der Waals surface area contributed by atoms with Gasteiger partial charge in [-0.2, -0.15) is 0 Å². The Labute approximate surface area is 188 Å². The molecule has 0 fully saturated rings. The summed E-state index contributed by atoms with van der Waals surface area (Å²) in [6.07, 6.45) is 0.631. The molecule has 6 nitrogen and oxygen atoms in total. The average Bonchev–Trinajstić information content (AvgIpc) is 3.47. The monoisotopic (exact) mass is 443 g/mol. The van der Waals surface area contributed by atoms with Crippen LogP contribution < -0.4 is 11.2 Å². The Morgan fingerprint density at radius 2 is 1.72 bits per heavy atom. The van der Waals surface area contributed by atoms with Crippen LogP contribution in [0.5, 0.6) is 0 Å². The largest absolute Gasteiger partial charge is 0.441 e. The van der Waals surface area contributed by atoms with E-state index in [0.29, 0.717) is 41.2 Å². The maximum atomic E-state index is 13.4. The first-order chi connectivity index (χ1) is 15.6. The van der Waals surface area contributed by atoms with Crippen LogP contribution in [-0.4, -0.2) is 14.1 Å². The predicted molar refractivity (Wildman–Crippen MR) is 126 cm³/mol. The molecule has 0 saturated carbocycles. The minimum atomic E-state index is -0.339. The summed E-state index contributed by atoms with van der Waals surface area (Å²) >= 11 is 1.62. The lowest BCUT2D eigenvalue weighted by Crippen LogP contribution is -2.40. The van der Waals surface area contributed by atoms with E-state index >= 15 is 0 Å². The Bertz CT molecular complexity index is 1500. The quantitative estimate of drug-likeness (QED) is 0.388. The lowest BCUT2D eigenvalue weighted by molar-refractivity contribution is 0.535. The fraction of sp³-hybridized carbons (Fsp3) is 0.160. The molecule has 0 atom stereocenters. The van der Waals surface area contributed by atoms with Gasteiger partial charge in [0.1, 0.15) is 11.5 Å². The zero-order valence-corrected chi connectivity index (χ0v) is 18.3. The zero-order valence-electron chi connectivity index (χ0n) is 17.5. The number of thiophene rings is 1. The number of benzene rings is 2. The number of hydrogen-bond donors (Lipinski definition) is 0. The fourth-order valence-electron chi connectivity index (χ4n) is 3.83. The van der Waals surface area contributed by atoms with Crippen molar-refractivity contribution in [2.24, 2.45) is 0 Å². The first-order valence-electron chi connectivity index (χ1n) is 10.4. The van der Waals surface area contributed by atoms with Crippen molar-refractivity contribution in [2.45, 2.75) is 26.4 Å². The fourth-order valence-corrected chi connectivity index (χ4v) is 4.52. The van der Waals surface area contributed by atoms with Crippen molar-refractivity contribution in [1.29, 1.82) is 0 Å². The summed E-state index contributed by atoms with van der Waals surface area (Å²) in [6.45, 7) is 2.39. The predicted octanol–water partition coefficient (Wildman–Crippen LogP) is 4.48. The molecule has 0 radical (unpaired) electrons. The van der Waals surface area contributed by atoms with Gasteiger partial charge in [0.15, 0.2) is 0 Å². The molecule has 0 aliphatic heterocycles. The van der Waals surface area contributed by atoms with Crippen LogP contribution >= 0.6 is 11.3 Å². The van der Waals surface area contributed by atoms with Gasteiger partial charge in [-0.25, -0.2) is 9.78 Å². The van der Waals surface area contributed by atoms with E-state index in [9.17, 15) is 9.59 Å². The van der Waals surface area contributed by atoms with Crippen molar-refractivity contribution in [3.8, 4) is 11.5 Å². The second-order valence-electron chi connectivity index (χ2n) is 7.56. The number of aryl methyl sites for hydroxylation is 2. The number of nitrogens with zero attached hydrogens (tertiary/aromatic N) is 3. The van der Waals surface area contributed by atoms with Gasteiger partial charge < -0.3 is 4.42 Å². The maximum absolute atomic E-state index is 13.4. The maximum Gasteiger partial charge on any atom is 0.331 e. The first-order valence-corrected chi connectivity index (χ1v) is 11.3. The van der Waals surface area contributed by atoms with E-state index in [-0.39, 0.29) is 17.8 Å². The summed E-state index contributed by atoms with van der Waals surface area (Å²) < 4.78 is 8.83. The molecule has 3 aromatic heterocycles. The normalized spacial score (nSPS) is 11.3. The number of fused-ring (bicyclic) bond motifs is 1. The number of aromatic nitrogens is 3. The minimum Gasteiger partial charge on any atom is -0.441 e. The lowest BCUT2D eigenvalue weighted by Gasteiger charge is -2.13. The summed E-state index contributed by atoms with van der Waals surface area (Å²) in [7, 11) is 0. The second kappa shape index (κ2) is 8.43. The third-order valence-electron chi connectivity index (χ3n) is 5.52. The van der Waals surface area contributed by atoms with E-state index in [2.05, 4.69) is 4.98 Å². The molecular weight excluding hydrogens is 422 g/mol. The highest BCUT2D eigenvalue weighted by Crippen LogP contribution is 2.22. The van der Waals surface area contributed by atoms with Crippen molar-refractivity contribution in [3.05, 3.63) is 109 Å². The van der Waals surface area contributed by atoms with E-state index in [1.165, 1.54) is 4.57 Å². The zero-order chi connectivity index (χ0) is 22.1. The molecular formula is C25H21N3O3S. The van der Waals surface area contributed by atoms with Crippen LogP contribution in [0.15, 0.2) is 86.1 Å². The molecule has 5 rings (SSSR count). The van der Waals surface area contributed by atoms with Gasteiger partial charge in [0.2, 0.25) is 5.89 Å². The Morgan fingerprint density at radius 1 is 0.938 bits per heavy atom.